The number of rotatable bonds is 15. The zero-order chi connectivity index (χ0) is 93.8. The molecule has 2 aliphatic rings. The van der Waals surface area contributed by atoms with Crippen LogP contribution >= 0.6 is 0 Å². The normalized spacial score (nSPS) is 15.7. The van der Waals surface area contributed by atoms with Gasteiger partial charge in [-0.05, 0) is 256 Å². The number of para-hydroxylation sites is 4. The van der Waals surface area contributed by atoms with Gasteiger partial charge in [-0.25, -0.2) is 0 Å². The van der Waals surface area contributed by atoms with Crippen molar-refractivity contribution >= 4 is 101 Å². The third kappa shape index (κ3) is 16.1. The Labute approximate surface area is 722 Å². The minimum atomic E-state index is -2.10. The van der Waals surface area contributed by atoms with E-state index in [1.807, 2.05) is 234 Å². The summed E-state index contributed by atoms with van der Waals surface area (Å²) in [4.78, 5) is 4.81. The van der Waals surface area contributed by atoms with Crippen LogP contribution in [-0.4, -0.2) is 15.8 Å². The van der Waals surface area contributed by atoms with Gasteiger partial charge in [-0.15, -0.1) is 0 Å². The highest BCUT2D eigenvalue weighted by atomic mass is 15.2. The molecule has 0 amide bonds. The van der Waals surface area contributed by atoms with Gasteiger partial charge < -0.3 is 18.9 Å². The molecule has 0 saturated heterocycles. The second kappa shape index (κ2) is 29.6. The molecule has 0 spiro atoms. The first kappa shape index (κ1) is 66.1. The summed E-state index contributed by atoms with van der Waals surface area (Å²) in [6.45, 7) is 40.6. The highest BCUT2D eigenvalue weighted by Crippen LogP contribution is 2.54. The average Bonchev–Trinajstić information content (AvgIpc) is 0.692. The summed E-state index contributed by atoms with van der Waals surface area (Å²) in [6, 6.07) is 91.7. The highest BCUT2D eigenvalue weighted by molar-refractivity contribution is 7.00. The first-order valence-electron chi connectivity index (χ1n) is 48.3. The van der Waals surface area contributed by atoms with Gasteiger partial charge in [0.05, 0.1) is 33.4 Å². The molecule has 0 aliphatic carbocycles. The Morgan fingerprint density at radius 1 is 0.246 bits per heavy atom. The van der Waals surface area contributed by atoms with Gasteiger partial charge in [0.2, 0.25) is 0 Å². The van der Waals surface area contributed by atoms with Gasteiger partial charge in [0.25, 0.3) is 6.71 Å². The van der Waals surface area contributed by atoms with Crippen LogP contribution in [0.25, 0.3) is 99.5 Å². The maximum absolute atomic E-state index is 10.8. The van der Waals surface area contributed by atoms with E-state index in [2.05, 4.69) is 197 Å². The molecular formula is C113H121BN4. The zero-order valence-corrected chi connectivity index (χ0v) is 73.0. The monoisotopic (exact) mass is 1560 g/mol. The molecule has 0 saturated carbocycles. The van der Waals surface area contributed by atoms with Crippen molar-refractivity contribution in [3.05, 3.63) is 306 Å². The summed E-state index contributed by atoms with van der Waals surface area (Å²) < 4.78 is 128. The van der Waals surface area contributed by atoms with Crippen molar-refractivity contribution in [2.75, 3.05) is 9.80 Å². The van der Waals surface area contributed by atoms with Crippen LogP contribution in [0.3, 0.4) is 0 Å². The molecule has 596 valence electrons. The maximum Gasteiger partial charge on any atom is 0.252 e. The van der Waals surface area contributed by atoms with Gasteiger partial charge in [0.1, 0.15) is 0 Å². The van der Waals surface area contributed by atoms with Crippen LogP contribution in [0.15, 0.2) is 267 Å². The number of nitrogens with zero attached hydrogens (tertiary/aromatic N) is 4. The van der Waals surface area contributed by atoms with Crippen LogP contribution in [0.5, 0.6) is 0 Å². The van der Waals surface area contributed by atoms with Crippen molar-refractivity contribution in [1.82, 2.24) is 9.13 Å². The Balaban J connectivity index is 1.10. The minimum absolute atomic E-state index is 0.370. The van der Waals surface area contributed by atoms with Crippen molar-refractivity contribution in [2.45, 2.75) is 190 Å². The predicted octanol–water partition coefficient (Wildman–Crippen LogP) is 29.8. The Morgan fingerprint density at radius 3 is 0.839 bits per heavy atom. The van der Waals surface area contributed by atoms with Gasteiger partial charge in [0.15, 0.2) is 0 Å². The molecule has 0 fully saturated rings. The first-order valence-corrected chi connectivity index (χ1v) is 42.3. The lowest BCUT2D eigenvalue weighted by Gasteiger charge is -2.46. The first-order chi connectivity index (χ1) is 60.5. The Bertz CT molecular complexity index is 6540. The number of anilines is 6. The second-order valence-corrected chi connectivity index (χ2v) is 40.5. The maximum atomic E-state index is 10.8. The summed E-state index contributed by atoms with van der Waals surface area (Å²) >= 11 is 0. The number of benzene rings is 13. The van der Waals surface area contributed by atoms with Gasteiger partial charge in [-0.3, -0.25) is 0 Å². The zero-order valence-electron chi connectivity index (χ0n) is 85.0. The fraction of sp³-hybridized carbons (Fsp3) is 0.310. The fourth-order valence-corrected chi connectivity index (χ4v) is 18.2. The molecule has 4 nitrogen and oxygen atoms in total. The molecule has 2 aliphatic heterocycles. The van der Waals surface area contributed by atoms with Gasteiger partial charge >= 0.3 is 0 Å². The van der Waals surface area contributed by atoms with E-state index in [9.17, 15) is 16.4 Å². The van der Waals surface area contributed by atoms with E-state index < -0.39 is 77.4 Å². The van der Waals surface area contributed by atoms with Crippen LogP contribution in [0, 0.1) is 37.9 Å². The second-order valence-electron chi connectivity index (χ2n) is 40.5. The molecule has 13 aromatic carbocycles. The van der Waals surface area contributed by atoms with E-state index in [0.29, 0.717) is 95.7 Å². The topological polar surface area (TPSA) is 16.3 Å². The summed E-state index contributed by atoms with van der Waals surface area (Å²) in [6.07, 6.45) is -11.1. The van der Waals surface area contributed by atoms with E-state index in [4.69, 9.17) is 0 Å². The molecule has 0 N–H and O–H groups in total. The summed E-state index contributed by atoms with van der Waals surface area (Å²) in [7, 11) is 0. The largest absolute Gasteiger partial charge is 0.311 e. The van der Waals surface area contributed by atoms with Crippen molar-refractivity contribution in [3.63, 3.8) is 0 Å². The minimum Gasteiger partial charge on any atom is -0.311 e. The molecule has 4 heterocycles. The molecule has 0 unspecified atom stereocenters. The standard InChI is InChI=1S/C113H121BN4/c1-107(2,3)66-73-34-30-38-78(54-73)90-64-100(92(60-82(90)71-112(16,17)18)80-40-32-36-75(56-80)68-109(7,8)9)117-102-62-84(115-96-46-26-22-42-86(96)87-43-23-27-47-97(87)115)50-52-94(102)114-95-53-51-85(116-98-48-28-24-44-88(98)89-45-25-29-49-99(89)116)63-103(95)118(105-59-77(70-111(13,14)15)58-104(117)106(105)114)101-65-91(79-39-31-35-74(55-79)67-108(4,5)6)83(72-113(19,20)21)61-93(101)81-41-33-37-76(57-81)69-110(10,11)12/h22-65H,66-72H2,1-21H3/i66D2,67D2,68D2,69D2,71D2,72D2. The van der Waals surface area contributed by atoms with E-state index in [0.717, 1.165) is 99.7 Å². The summed E-state index contributed by atoms with van der Waals surface area (Å²) in [5.41, 5.74) is 15.5. The van der Waals surface area contributed by atoms with Crippen molar-refractivity contribution in [3.8, 4) is 55.9 Å². The van der Waals surface area contributed by atoms with E-state index >= 15 is 0 Å². The van der Waals surface area contributed by atoms with E-state index in [-0.39, 0.29) is 5.41 Å². The molecule has 0 bridgehead atoms. The Hall–Kier alpha value is -10.9. The summed E-state index contributed by atoms with van der Waals surface area (Å²) in [5, 5.41) is 4.34. The van der Waals surface area contributed by atoms with Crippen LogP contribution in [0.4, 0.5) is 34.1 Å². The van der Waals surface area contributed by atoms with Crippen molar-refractivity contribution < 1.29 is 16.4 Å². The molecule has 17 rings (SSSR count). The van der Waals surface area contributed by atoms with Gasteiger partial charge in [0, 0.05) is 83.2 Å². The molecule has 0 radical (unpaired) electrons. The third-order valence-corrected chi connectivity index (χ3v) is 22.1. The number of fused-ring (bicyclic) bond motifs is 10. The molecule has 118 heavy (non-hydrogen) atoms. The third-order valence-electron chi connectivity index (χ3n) is 22.1. The van der Waals surface area contributed by atoms with Crippen LogP contribution in [0.2, 0.25) is 0 Å². The lowest BCUT2D eigenvalue weighted by atomic mass is 9.33. The van der Waals surface area contributed by atoms with Crippen molar-refractivity contribution in [1.29, 1.82) is 0 Å². The van der Waals surface area contributed by atoms with Crippen molar-refractivity contribution in [2.24, 2.45) is 37.9 Å². The van der Waals surface area contributed by atoms with Crippen LogP contribution in [0.1, 0.15) is 201 Å². The highest BCUT2D eigenvalue weighted by Gasteiger charge is 2.46. The Morgan fingerprint density at radius 2 is 0.542 bits per heavy atom. The number of aromatic nitrogens is 2. The average molecular weight is 1560 g/mol. The lowest BCUT2D eigenvalue weighted by molar-refractivity contribution is 0.410. The fourth-order valence-electron chi connectivity index (χ4n) is 18.2. The van der Waals surface area contributed by atoms with E-state index in [1.54, 1.807) is 0 Å². The summed E-state index contributed by atoms with van der Waals surface area (Å²) in [5.74, 6) is 0. The van der Waals surface area contributed by atoms with Gasteiger partial charge in [-0.2, -0.15) is 0 Å². The molecule has 5 heteroatoms. The Kier molecular flexibility index (Phi) is 16.6. The molecule has 0 atom stereocenters. The molecule has 15 aromatic rings. The number of hydrogen-bond donors (Lipinski definition) is 0. The smallest absolute Gasteiger partial charge is 0.252 e. The quantitative estimate of drug-likeness (QED) is 0.0951. The van der Waals surface area contributed by atoms with E-state index in [1.165, 1.54) is 0 Å². The molecule has 2 aromatic heterocycles. The van der Waals surface area contributed by atoms with Crippen LogP contribution in [-0.2, 0) is 44.7 Å². The predicted molar refractivity (Wildman–Crippen MR) is 513 cm³/mol. The molecular weight excluding hydrogens is 1420 g/mol. The lowest BCUT2D eigenvalue weighted by Crippen LogP contribution is -2.61. The van der Waals surface area contributed by atoms with Crippen LogP contribution < -0.4 is 26.2 Å². The number of hydrogen-bond acceptors (Lipinski definition) is 2. The SMILES string of the molecule is [2H]C([2H])(c1cccc(-c2cc(C([2H])([2H])C(C)(C)C)c(-c3cccc(C([2H])([2H])C(C)(C)C)c3)cc2N2c3cc(-n4c5ccccc5c5ccccc54)ccc3B3c4ccc(-n5c6ccccc6c6ccccc65)cc4N(c4cc(-c5cccc(C([2H])([2H])C(C)(C)C)c5)c(C([2H])([2H])C(C)(C)C)cc4-c4cccc(C([2H])([2H])C(C)(C)C)c4)c4cc(CC(C)(C)C)cc2c43)c1)C(C)(C)C. The van der Waals surface area contributed by atoms with Gasteiger partial charge in [-0.1, -0.05) is 327 Å².